The van der Waals surface area contributed by atoms with E-state index in [4.69, 9.17) is 0 Å². The van der Waals surface area contributed by atoms with Gasteiger partial charge in [0.05, 0.1) is 0 Å². The first-order valence-electron chi connectivity index (χ1n) is 21.9. The summed E-state index contributed by atoms with van der Waals surface area (Å²) in [5.41, 5.74) is 2.70. The predicted octanol–water partition coefficient (Wildman–Crippen LogP) is 8.37. The predicted molar refractivity (Wildman–Crippen MR) is 285 cm³/mol. The molecule has 0 amide bonds. The maximum Gasteiger partial charge on any atom is 2.00 e. The molecule has 0 nitrogen and oxygen atoms in total. The average Bonchev–Trinajstić information content (AvgIpc) is 4.15. The molecule has 0 aliphatic carbocycles. The molecule has 12 aromatic rings. The Balaban J connectivity index is 0.000000176. The number of fused-ring (bicyclic) bond motifs is 4. The number of aryl methyl sites for hydroxylation is 2. The standard InChI is InChI=1S/2C21H16P.2C10H9.2ClH.2Ti/c2*1-3-11-19(12-4-1)22(20-13-5-2-6-14-20)21-15-17-9-7-8-10-18(17)16-21;2*1-8-6-9-4-2-3-5-10(9)7-8;;;;/h2*1-16H;2*2-7H,1H3;2*1H;;/q4*-1;;;2*+2/p-2. The number of hydrogen-bond donors (Lipinski definition) is 0. The smallest absolute Gasteiger partial charge is 1.00 e. The van der Waals surface area contributed by atoms with Crippen LogP contribution in [0.25, 0.3) is 43.1 Å². The molecule has 68 heavy (non-hydrogen) atoms. The Hall–Kier alpha value is -4.93. The first kappa shape index (κ1) is 54.0. The quantitative estimate of drug-likeness (QED) is 0.0894. The van der Waals surface area contributed by atoms with Crippen molar-refractivity contribution in [3.8, 4) is 0 Å². The van der Waals surface area contributed by atoms with E-state index in [1.54, 1.807) is 0 Å². The Morgan fingerprint density at radius 1 is 0.265 bits per heavy atom. The second kappa shape index (κ2) is 26.7. The normalized spacial score (nSPS) is 10.3. The van der Waals surface area contributed by atoms with Crippen molar-refractivity contribution in [1.82, 2.24) is 0 Å². The minimum atomic E-state index is -0.493. The van der Waals surface area contributed by atoms with E-state index >= 15 is 0 Å². The molecule has 0 saturated heterocycles. The molecule has 0 aliphatic rings. The second-order valence-electron chi connectivity index (χ2n) is 16.0. The fraction of sp³-hybridized carbons (Fsp3) is 0.0323. The van der Waals surface area contributed by atoms with Crippen LogP contribution in [0.15, 0.2) is 267 Å². The summed E-state index contributed by atoms with van der Waals surface area (Å²) in [4.78, 5) is 0. The van der Waals surface area contributed by atoms with Gasteiger partial charge in [-0.15, -0.1) is 162 Å². The third kappa shape index (κ3) is 13.6. The minimum Gasteiger partial charge on any atom is -1.00 e. The molecule has 0 heterocycles. The zero-order chi connectivity index (χ0) is 43.5. The van der Waals surface area contributed by atoms with E-state index in [0.29, 0.717) is 0 Å². The van der Waals surface area contributed by atoms with Crippen molar-refractivity contribution in [3.63, 3.8) is 0 Å². The van der Waals surface area contributed by atoms with E-state index in [2.05, 4.69) is 281 Å². The number of hydrogen-bond acceptors (Lipinski definition) is 0. The number of benzene rings is 8. The van der Waals surface area contributed by atoms with Gasteiger partial charge in [-0.05, 0) is 37.1 Å². The van der Waals surface area contributed by atoms with E-state index in [1.807, 2.05) is 0 Å². The first-order chi connectivity index (χ1) is 31.6. The SMILES string of the molecule is Cc1cc2ccccc2[cH-]1.Cc1cc2ccccc2[cH-]1.[Cl-].[Cl-].[Ti+2].[Ti+2].c1ccc(P(c2ccccc2)c2cc3ccccc3[cH-]2)cc1.c1ccc(P(c2ccccc2)c2cc3ccccc3[cH-]2)cc1. The van der Waals surface area contributed by atoms with Gasteiger partial charge in [0.15, 0.2) is 0 Å². The Bertz CT molecular complexity index is 2880. The zero-order valence-electron chi connectivity index (χ0n) is 38.1. The van der Waals surface area contributed by atoms with Crippen molar-refractivity contribution in [2.45, 2.75) is 13.8 Å². The van der Waals surface area contributed by atoms with Gasteiger partial charge in [0, 0.05) is 0 Å². The summed E-state index contributed by atoms with van der Waals surface area (Å²) in [7, 11) is -0.986. The molecule has 12 aromatic carbocycles. The van der Waals surface area contributed by atoms with Crippen molar-refractivity contribution in [1.29, 1.82) is 0 Å². The zero-order valence-corrected chi connectivity index (χ0v) is 44.5. The van der Waals surface area contributed by atoms with Crippen LogP contribution in [0.3, 0.4) is 0 Å². The maximum absolute atomic E-state index is 2.35. The largest absolute Gasteiger partial charge is 2.00 e. The van der Waals surface area contributed by atoms with Gasteiger partial charge in [-0.2, -0.15) is 24.3 Å². The first-order valence-corrected chi connectivity index (χ1v) is 24.6. The molecular formula is C62H50Cl2P2Ti2-2. The van der Waals surface area contributed by atoms with Crippen molar-refractivity contribution >= 4 is 90.8 Å². The molecule has 332 valence electrons. The topological polar surface area (TPSA) is 0 Å². The molecule has 0 spiro atoms. The van der Waals surface area contributed by atoms with Crippen molar-refractivity contribution in [2.75, 3.05) is 0 Å². The molecule has 0 aliphatic heterocycles. The van der Waals surface area contributed by atoms with Crippen LogP contribution in [0.1, 0.15) is 11.1 Å². The molecule has 0 aromatic heterocycles. The molecule has 0 fully saturated rings. The van der Waals surface area contributed by atoms with Gasteiger partial charge in [-0.25, -0.2) is 0 Å². The van der Waals surface area contributed by atoms with Crippen LogP contribution in [0.4, 0.5) is 0 Å². The van der Waals surface area contributed by atoms with Gasteiger partial charge >= 0.3 is 43.4 Å². The fourth-order valence-corrected chi connectivity index (χ4v) is 13.1. The van der Waals surface area contributed by atoms with Crippen LogP contribution >= 0.6 is 15.8 Å². The molecule has 0 atom stereocenters. The van der Waals surface area contributed by atoms with Gasteiger partial charge in [-0.1, -0.05) is 159 Å². The summed E-state index contributed by atoms with van der Waals surface area (Å²) in [5.74, 6) is 0. The van der Waals surface area contributed by atoms with E-state index in [-0.39, 0.29) is 68.2 Å². The molecule has 0 N–H and O–H groups in total. The summed E-state index contributed by atoms with van der Waals surface area (Å²) < 4.78 is 0. The van der Waals surface area contributed by atoms with Crippen molar-refractivity contribution in [3.05, 3.63) is 278 Å². The van der Waals surface area contributed by atoms with Crippen LogP contribution in [0, 0.1) is 13.8 Å². The second-order valence-corrected chi connectivity index (χ2v) is 20.5. The summed E-state index contributed by atoms with van der Waals surface area (Å²) >= 11 is 0. The summed E-state index contributed by atoms with van der Waals surface area (Å²) in [6.45, 7) is 4.25. The maximum atomic E-state index is 2.35. The van der Waals surface area contributed by atoms with Gasteiger partial charge in [0.1, 0.15) is 0 Å². The summed E-state index contributed by atoms with van der Waals surface area (Å²) in [6.07, 6.45) is 0. The van der Waals surface area contributed by atoms with Crippen LogP contribution < -0.4 is 56.6 Å². The molecule has 0 unspecified atom stereocenters. The molecular weight excluding hydrogens is 973 g/mol. The van der Waals surface area contributed by atoms with E-state index in [1.165, 1.54) is 86.0 Å². The molecule has 0 saturated carbocycles. The molecule has 0 radical (unpaired) electrons. The van der Waals surface area contributed by atoms with Crippen LogP contribution in [0.5, 0.6) is 0 Å². The Labute approximate surface area is 447 Å². The van der Waals surface area contributed by atoms with E-state index < -0.39 is 15.8 Å². The number of halogens is 2. The van der Waals surface area contributed by atoms with E-state index in [0.717, 1.165) is 0 Å². The number of rotatable bonds is 6. The Morgan fingerprint density at radius 2 is 0.485 bits per heavy atom. The van der Waals surface area contributed by atoms with Crippen molar-refractivity contribution in [2.24, 2.45) is 0 Å². The van der Waals surface area contributed by atoms with Crippen molar-refractivity contribution < 1.29 is 68.2 Å². The van der Waals surface area contributed by atoms with Gasteiger partial charge in [0.2, 0.25) is 0 Å². The molecule has 0 bridgehead atoms. The Morgan fingerprint density at radius 3 is 0.735 bits per heavy atom. The third-order valence-electron chi connectivity index (χ3n) is 11.3. The van der Waals surface area contributed by atoms with Crippen LogP contribution in [-0.4, -0.2) is 0 Å². The summed E-state index contributed by atoms with van der Waals surface area (Å²) in [6, 6.07) is 95.7. The summed E-state index contributed by atoms with van der Waals surface area (Å²) in [5, 5.41) is 19.2. The van der Waals surface area contributed by atoms with Crippen LogP contribution in [-0.2, 0) is 43.4 Å². The monoisotopic (exact) mass is 1020 g/mol. The van der Waals surface area contributed by atoms with Gasteiger partial charge in [0.25, 0.3) is 0 Å². The fourth-order valence-electron chi connectivity index (χ4n) is 8.34. The molecule has 6 heteroatoms. The minimum absolute atomic E-state index is 0. The Kier molecular flexibility index (Phi) is 21.2. The average molecular weight is 1020 g/mol. The molecule has 12 rings (SSSR count). The van der Waals surface area contributed by atoms with E-state index in [9.17, 15) is 0 Å². The van der Waals surface area contributed by atoms with Gasteiger partial charge in [-0.3, -0.25) is 0 Å². The van der Waals surface area contributed by atoms with Gasteiger partial charge < -0.3 is 24.8 Å². The van der Waals surface area contributed by atoms with Crippen LogP contribution in [0.2, 0.25) is 0 Å². The third-order valence-corrected chi connectivity index (χ3v) is 16.1.